The van der Waals surface area contributed by atoms with E-state index in [1.165, 1.54) is 0 Å². The molecule has 0 spiro atoms. The summed E-state index contributed by atoms with van der Waals surface area (Å²) in [5, 5.41) is 0. The lowest BCUT2D eigenvalue weighted by molar-refractivity contribution is 0.112. The summed E-state index contributed by atoms with van der Waals surface area (Å²) < 4.78 is 5.16. The molecular formula is C10H12O2S. The Morgan fingerprint density at radius 2 is 2.31 bits per heavy atom. The van der Waals surface area contributed by atoms with E-state index in [-0.39, 0.29) is 0 Å². The van der Waals surface area contributed by atoms with Crippen LogP contribution in [-0.4, -0.2) is 19.1 Å². The molecule has 0 aliphatic carbocycles. The molecule has 0 N–H and O–H groups in total. The van der Waals surface area contributed by atoms with Crippen molar-refractivity contribution in [2.75, 3.05) is 12.9 Å². The number of thioether (sulfide) groups is 1. The minimum absolute atomic E-state index is 0.650. The van der Waals surface area contributed by atoms with Crippen LogP contribution in [0.25, 0.3) is 0 Å². The first-order valence-corrected chi connectivity index (χ1v) is 5.06. The van der Waals surface area contributed by atoms with Crippen molar-refractivity contribution in [2.45, 2.75) is 11.8 Å². The van der Waals surface area contributed by atoms with Crippen molar-refractivity contribution in [1.82, 2.24) is 0 Å². The fourth-order valence-corrected chi connectivity index (χ4v) is 1.79. The molecule has 0 aliphatic rings. The van der Waals surface area contributed by atoms with Crippen LogP contribution in [0.2, 0.25) is 0 Å². The van der Waals surface area contributed by atoms with Crippen LogP contribution >= 0.6 is 11.8 Å². The lowest BCUT2D eigenvalue weighted by Crippen LogP contribution is -1.89. The Kier molecular flexibility index (Phi) is 3.83. The maximum Gasteiger partial charge on any atom is 0.150 e. The molecule has 0 radical (unpaired) electrons. The molecule has 0 fully saturated rings. The van der Waals surface area contributed by atoms with Crippen molar-refractivity contribution in [3.8, 4) is 5.75 Å². The highest BCUT2D eigenvalue weighted by molar-refractivity contribution is 7.99. The molecule has 1 aromatic carbocycles. The van der Waals surface area contributed by atoms with Crippen molar-refractivity contribution in [1.29, 1.82) is 0 Å². The zero-order chi connectivity index (χ0) is 9.68. The molecule has 0 amide bonds. The van der Waals surface area contributed by atoms with Crippen LogP contribution in [0.5, 0.6) is 5.75 Å². The molecule has 0 aromatic heterocycles. The second-order valence-electron chi connectivity index (χ2n) is 2.46. The molecule has 0 atom stereocenters. The van der Waals surface area contributed by atoms with Gasteiger partial charge in [0.25, 0.3) is 0 Å². The highest BCUT2D eigenvalue weighted by atomic mass is 32.2. The van der Waals surface area contributed by atoms with E-state index in [1.807, 2.05) is 6.07 Å². The van der Waals surface area contributed by atoms with E-state index in [1.54, 1.807) is 31.0 Å². The van der Waals surface area contributed by atoms with E-state index in [9.17, 15) is 4.79 Å². The third-order valence-electron chi connectivity index (χ3n) is 1.62. The van der Waals surface area contributed by atoms with Crippen molar-refractivity contribution in [3.05, 3.63) is 23.8 Å². The molecule has 0 unspecified atom stereocenters. The second-order valence-corrected chi connectivity index (χ2v) is 3.77. The summed E-state index contributed by atoms with van der Waals surface area (Å²) in [6.07, 6.45) is 0.822. The highest BCUT2D eigenvalue weighted by Gasteiger charge is 2.03. The van der Waals surface area contributed by atoms with Crippen molar-refractivity contribution < 1.29 is 9.53 Å². The average Bonchev–Trinajstić information content (AvgIpc) is 2.19. The van der Waals surface area contributed by atoms with E-state index < -0.39 is 0 Å². The fraction of sp³-hybridized carbons (Fsp3) is 0.300. The SMILES string of the molecule is CCSc1ccc(C=O)cc1OC. The normalized spacial score (nSPS) is 9.69. The van der Waals surface area contributed by atoms with Gasteiger partial charge >= 0.3 is 0 Å². The number of rotatable bonds is 4. The molecule has 1 rings (SSSR count). The van der Waals surface area contributed by atoms with Crippen LogP contribution in [0.15, 0.2) is 23.1 Å². The number of benzene rings is 1. The lowest BCUT2D eigenvalue weighted by atomic mass is 10.2. The van der Waals surface area contributed by atoms with E-state index >= 15 is 0 Å². The first-order valence-electron chi connectivity index (χ1n) is 4.07. The maximum absolute atomic E-state index is 10.5. The zero-order valence-corrected chi connectivity index (χ0v) is 8.56. The lowest BCUT2D eigenvalue weighted by Gasteiger charge is -2.06. The van der Waals surface area contributed by atoms with Crippen LogP contribution in [-0.2, 0) is 0 Å². The number of hydrogen-bond acceptors (Lipinski definition) is 3. The summed E-state index contributed by atoms with van der Waals surface area (Å²) in [6.45, 7) is 2.08. The predicted molar refractivity (Wildman–Crippen MR) is 54.8 cm³/mol. The Morgan fingerprint density at radius 1 is 1.54 bits per heavy atom. The second kappa shape index (κ2) is 4.92. The van der Waals surface area contributed by atoms with Crippen LogP contribution in [0.4, 0.5) is 0 Å². The van der Waals surface area contributed by atoms with Crippen molar-refractivity contribution in [3.63, 3.8) is 0 Å². The first kappa shape index (κ1) is 10.1. The first-order chi connectivity index (χ1) is 6.31. The Balaban J connectivity index is 3.00. The van der Waals surface area contributed by atoms with Gasteiger partial charge in [-0.1, -0.05) is 13.0 Å². The minimum atomic E-state index is 0.650. The molecule has 3 heteroatoms. The summed E-state index contributed by atoms with van der Waals surface area (Å²) in [4.78, 5) is 11.6. The summed E-state index contributed by atoms with van der Waals surface area (Å²) in [6, 6.07) is 5.47. The van der Waals surface area contributed by atoms with E-state index in [4.69, 9.17) is 4.74 Å². The Hall–Kier alpha value is -0.960. The Bertz CT molecular complexity index is 297. The molecule has 0 bridgehead atoms. The number of ether oxygens (including phenoxy) is 1. The van der Waals surface area contributed by atoms with Gasteiger partial charge in [0.2, 0.25) is 0 Å². The molecule has 0 heterocycles. The molecule has 13 heavy (non-hydrogen) atoms. The van der Waals surface area contributed by atoms with E-state index in [0.717, 1.165) is 22.7 Å². The van der Waals surface area contributed by atoms with Crippen LogP contribution in [0.3, 0.4) is 0 Å². The van der Waals surface area contributed by atoms with E-state index in [0.29, 0.717) is 5.56 Å². The topological polar surface area (TPSA) is 26.3 Å². The van der Waals surface area contributed by atoms with Gasteiger partial charge in [0.15, 0.2) is 0 Å². The monoisotopic (exact) mass is 196 g/mol. The number of aldehydes is 1. The number of carbonyl (C=O) groups excluding carboxylic acids is 1. The van der Waals surface area contributed by atoms with Gasteiger partial charge < -0.3 is 4.74 Å². The maximum atomic E-state index is 10.5. The summed E-state index contributed by atoms with van der Waals surface area (Å²) >= 11 is 1.70. The highest BCUT2D eigenvalue weighted by Crippen LogP contribution is 2.29. The molecule has 0 saturated heterocycles. The van der Waals surface area contributed by atoms with Gasteiger partial charge in [0.05, 0.1) is 7.11 Å². The summed E-state index contributed by atoms with van der Waals surface area (Å²) in [7, 11) is 1.61. The number of carbonyl (C=O) groups is 1. The van der Waals surface area contributed by atoms with Crippen LogP contribution < -0.4 is 4.74 Å². The van der Waals surface area contributed by atoms with Gasteiger partial charge in [-0.3, -0.25) is 4.79 Å². The smallest absolute Gasteiger partial charge is 0.150 e. The standard InChI is InChI=1S/C10H12O2S/c1-3-13-10-5-4-8(7-11)6-9(10)12-2/h4-7H,3H2,1-2H3. The molecule has 1 aromatic rings. The van der Waals surface area contributed by atoms with Gasteiger partial charge in [-0.15, -0.1) is 11.8 Å². The Labute approximate surface area is 82.3 Å². The third-order valence-corrected chi connectivity index (χ3v) is 2.56. The van der Waals surface area contributed by atoms with Gasteiger partial charge in [-0.25, -0.2) is 0 Å². The number of methoxy groups -OCH3 is 1. The van der Waals surface area contributed by atoms with Gasteiger partial charge in [-0.2, -0.15) is 0 Å². The van der Waals surface area contributed by atoms with Crippen molar-refractivity contribution in [2.24, 2.45) is 0 Å². The van der Waals surface area contributed by atoms with Crippen LogP contribution in [0, 0.1) is 0 Å². The average molecular weight is 196 g/mol. The molecule has 2 nitrogen and oxygen atoms in total. The molecule has 0 saturated carbocycles. The molecule has 0 aliphatic heterocycles. The third kappa shape index (κ3) is 2.49. The van der Waals surface area contributed by atoms with Crippen molar-refractivity contribution >= 4 is 18.0 Å². The number of hydrogen-bond donors (Lipinski definition) is 0. The quantitative estimate of drug-likeness (QED) is 0.547. The van der Waals surface area contributed by atoms with E-state index in [2.05, 4.69) is 6.92 Å². The summed E-state index contributed by atoms with van der Waals surface area (Å²) in [5.74, 6) is 1.77. The van der Waals surface area contributed by atoms with Crippen LogP contribution in [0.1, 0.15) is 17.3 Å². The molecule has 70 valence electrons. The molecular weight excluding hydrogens is 184 g/mol. The largest absolute Gasteiger partial charge is 0.496 e. The Morgan fingerprint density at radius 3 is 2.85 bits per heavy atom. The minimum Gasteiger partial charge on any atom is -0.496 e. The van der Waals surface area contributed by atoms with Gasteiger partial charge in [-0.05, 0) is 17.9 Å². The predicted octanol–water partition coefficient (Wildman–Crippen LogP) is 2.62. The van der Waals surface area contributed by atoms with Gasteiger partial charge in [0, 0.05) is 10.5 Å². The fourth-order valence-electron chi connectivity index (χ4n) is 1.03. The zero-order valence-electron chi connectivity index (χ0n) is 7.74. The summed E-state index contributed by atoms with van der Waals surface area (Å²) in [5.41, 5.74) is 0.650. The van der Waals surface area contributed by atoms with Gasteiger partial charge in [0.1, 0.15) is 12.0 Å².